The van der Waals surface area contributed by atoms with Gasteiger partial charge >= 0.3 is 0 Å². The fourth-order valence-corrected chi connectivity index (χ4v) is 2.83. The van der Waals surface area contributed by atoms with Gasteiger partial charge in [-0.1, -0.05) is 37.3 Å². The van der Waals surface area contributed by atoms with Crippen molar-refractivity contribution < 1.29 is 4.79 Å². The van der Waals surface area contributed by atoms with Gasteiger partial charge in [0.05, 0.1) is 6.04 Å². The molecule has 21 heavy (non-hydrogen) atoms. The summed E-state index contributed by atoms with van der Waals surface area (Å²) in [5.41, 5.74) is 7.22. The average molecular weight is 289 g/mol. The van der Waals surface area contributed by atoms with Gasteiger partial charge in [-0.2, -0.15) is 0 Å². The normalized spacial score (nSPS) is 19.3. The first-order valence-electron chi connectivity index (χ1n) is 7.94. The Morgan fingerprint density at radius 3 is 2.38 bits per heavy atom. The van der Waals surface area contributed by atoms with Crippen molar-refractivity contribution in [3.8, 4) is 0 Å². The van der Waals surface area contributed by atoms with Crippen LogP contribution in [0.25, 0.3) is 0 Å². The zero-order chi connectivity index (χ0) is 15.2. The molecule has 0 bridgehead atoms. The maximum atomic E-state index is 12.4. The zero-order valence-electron chi connectivity index (χ0n) is 13.2. The third kappa shape index (κ3) is 4.29. The third-order valence-corrected chi connectivity index (χ3v) is 4.46. The van der Waals surface area contributed by atoms with E-state index in [2.05, 4.69) is 18.7 Å². The molecule has 2 unspecified atom stereocenters. The van der Waals surface area contributed by atoms with Crippen LogP contribution in [0.15, 0.2) is 30.3 Å². The molecule has 1 aliphatic heterocycles. The topological polar surface area (TPSA) is 49.6 Å². The molecule has 1 saturated heterocycles. The molecule has 1 fully saturated rings. The number of rotatable bonds is 5. The van der Waals surface area contributed by atoms with Crippen molar-refractivity contribution in [3.05, 3.63) is 35.9 Å². The predicted octanol–water partition coefficient (Wildman–Crippen LogP) is 1.50. The molecule has 0 radical (unpaired) electrons. The summed E-state index contributed by atoms with van der Waals surface area (Å²) in [7, 11) is 0. The molecule has 2 N–H and O–H groups in total. The largest absolute Gasteiger partial charge is 0.339 e. The second-order valence-corrected chi connectivity index (χ2v) is 5.91. The molecule has 0 aliphatic carbocycles. The minimum atomic E-state index is -0.428. The number of benzene rings is 1. The molecule has 2 atom stereocenters. The number of carbonyl (C=O) groups excluding carboxylic acids is 1. The molecule has 116 valence electrons. The number of nitrogens with two attached hydrogens (primary N) is 1. The van der Waals surface area contributed by atoms with Gasteiger partial charge in [0.15, 0.2) is 0 Å². The van der Waals surface area contributed by atoms with Gasteiger partial charge in [0.25, 0.3) is 0 Å². The lowest BCUT2D eigenvalue weighted by Gasteiger charge is -2.38. The van der Waals surface area contributed by atoms with Crippen LogP contribution in [-0.4, -0.2) is 54.0 Å². The Kier molecular flexibility index (Phi) is 5.76. The van der Waals surface area contributed by atoms with Crippen molar-refractivity contribution in [1.29, 1.82) is 0 Å². The maximum Gasteiger partial charge on any atom is 0.239 e. The van der Waals surface area contributed by atoms with E-state index in [-0.39, 0.29) is 5.91 Å². The van der Waals surface area contributed by atoms with E-state index in [4.69, 9.17) is 5.73 Å². The van der Waals surface area contributed by atoms with E-state index in [0.717, 1.165) is 38.2 Å². The molecular formula is C17H27N3O. The minimum absolute atomic E-state index is 0.0858. The van der Waals surface area contributed by atoms with Crippen LogP contribution < -0.4 is 5.73 Å². The summed E-state index contributed by atoms with van der Waals surface area (Å²) in [6.07, 6.45) is 1.77. The summed E-state index contributed by atoms with van der Waals surface area (Å²) in [5, 5.41) is 0. The molecular weight excluding hydrogens is 262 g/mol. The van der Waals surface area contributed by atoms with Crippen LogP contribution in [0.2, 0.25) is 0 Å². The lowest BCUT2D eigenvalue weighted by atomic mass is 10.1. The Morgan fingerprint density at radius 1 is 1.19 bits per heavy atom. The Balaban J connectivity index is 1.84. The molecule has 0 aromatic heterocycles. The van der Waals surface area contributed by atoms with Crippen molar-refractivity contribution in [2.24, 2.45) is 5.73 Å². The van der Waals surface area contributed by atoms with Gasteiger partial charge in [-0.05, 0) is 25.3 Å². The van der Waals surface area contributed by atoms with Crippen molar-refractivity contribution >= 4 is 5.91 Å². The molecule has 1 heterocycles. The fraction of sp³-hybridized carbons (Fsp3) is 0.588. The van der Waals surface area contributed by atoms with E-state index in [1.165, 1.54) is 0 Å². The number of nitrogens with zero attached hydrogens (tertiary/aromatic N) is 2. The quantitative estimate of drug-likeness (QED) is 0.893. The van der Waals surface area contributed by atoms with E-state index in [9.17, 15) is 4.79 Å². The molecule has 1 aromatic carbocycles. The highest BCUT2D eigenvalue weighted by Crippen LogP contribution is 2.11. The number of hydrogen-bond acceptors (Lipinski definition) is 3. The maximum absolute atomic E-state index is 12.4. The second-order valence-electron chi connectivity index (χ2n) is 5.91. The number of amides is 1. The monoisotopic (exact) mass is 289 g/mol. The van der Waals surface area contributed by atoms with Crippen molar-refractivity contribution in [1.82, 2.24) is 9.80 Å². The van der Waals surface area contributed by atoms with Gasteiger partial charge in [0.2, 0.25) is 5.91 Å². The number of piperazine rings is 1. The van der Waals surface area contributed by atoms with Crippen LogP contribution >= 0.6 is 0 Å². The highest BCUT2D eigenvalue weighted by molar-refractivity contribution is 5.82. The average Bonchev–Trinajstić information content (AvgIpc) is 2.54. The standard InChI is InChI=1S/C17H27N3O/c1-3-14(2)19-9-11-20(12-10-19)17(21)16(18)13-15-7-5-4-6-8-15/h4-8,14,16H,3,9-13,18H2,1-2H3. The van der Waals surface area contributed by atoms with Crippen molar-refractivity contribution in [3.63, 3.8) is 0 Å². The van der Waals surface area contributed by atoms with E-state index in [0.29, 0.717) is 12.5 Å². The fourth-order valence-electron chi connectivity index (χ4n) is 2.83. The summed E-state index contributed by atoms with van der Waals surface area (Å²) in [6.45, 7) is 7.96. The summed E-state index contributed by atoms with van der Waals surface area (Å²) in [6, 6.07) is 10.2. The van der Waals surface area contributed by atoms with Crippen LogP contribution in [-0.2, 0) is 11.2 Å². The lowest BCUT2D eigenvalue weighted by molar-refractivity contribution is -0.134. The van der Waals surface area contributed by atoms with Gasteiger partial charge in [0.1, 0.15) is 0 Å². The van der Waals surface area contributed by atoms with E-state index in [1.807, 2.05) is 35.2 Å². The molecule has 0 spiro atoms. The molecule has 0 saturated carbocycles. The summed E-state index contributed by atoms with van der Waals surface area (Å²) in [4.78, 5) is 16.8. The summed E-state index contributed by atoms with van der Waals surface area (Å²) in [5.74, 6) is 0.0858. The van der Waals surface area contributed by atoms with Crippen LogP contribution in [0.5, 0.6) is 0 Å². The van der Waals surface area contributed by atoms with Crippen LogP contribution in [0.3, 0.4) is 0 Å². The van der Waals surface area contributed by atoms with E-state index < -0.39 is 6.04 Å². The van der Waals surface area contributed by atoms with Crippen LogP contribution in [0, 0.1) is 0 Å². The van der Waals surface area contributed by atoms with Crippen LogP contribution in [0.1, 0.15) is 25.8 Å². The van der Waals surface area contributed by atoms with Gasteiger partial charge in [-0.3, -0.25) is 9.69 Å². The van der Waals surface area contributed by atoms with Crippen LogP contribution in [0.4, 0.5) is 0 Å². The zero-order valence-corrected chi connectivity index (χ0v) is 13.2. The SMILES string of the molecule is CCC(C)N1CCN(C(=O)C(N)Cc2ccccc2)CC1. The highest BCUT2D eigenvalue weighted by atomic mass is 16.2. The van der Waals surface area contributed by atoms with Gasteiger partial charge < -0.3 is 10.6 Å². The molecule has 2 rings (SSSR count). The molecule has 1 aromatic rings. The van der Waals surface area contributed by atoms with E-state index in [1.54, 1.807) is 0 Å². The Hall–Kier alpha value is -1.39. The first-order chi connectivity index (χ1) is 10.1. The first-order valence-corrected chi connectivity index (χ1v) is 7.94. The van der Waals surface area contributed by atoms with E-state index >= 15 is 0 Å². The third-order valence-electron chi connectivity index (χ3n) is 4.46. The summed E-state index contributed by atoms with van der Waals surface area (Å²) < 4.78 is 0. The highest BCUT2D eigenvalue weighted by Gasteiger charge is 2.26. The smallest absolute Gasteiger partial charge is 0.239 e. The number of hydrogen-bond donors (Lipinski definition) is 1. The summed E-state index contributed by atoms with van der Waals surface area (Å²) >= 11 is 0. The lowest BCUT2D eigenvalue weighted by Crippen LogP contribution is -2.55. The minimum Gasteiger partial charge on any atom is -0.339 e. The second kappa shape index (κ2) is 7.57. The molecule has 4 heteroatoms. The van der Waals surface area contributed by atoms with Crippen molar-refractivity contribution in [2.45, 2.75) is 38.8 Å². The molecule has 4 nitrogen and oxygen atoms in total. The van der Waals surface area contributed by atoms with Gasteiger partial charge in [-0.25, -0.2) is 0 Å². The number of carbonyl (C=O) groups is 1. The van der Waals surface area contributed by atoms with Gasteiger partial charge in [0, 0.05) is 32.2 Å². The van der Waals surface area contributed by atoms with Gasteiger partial charge in [-0.15, -0.1) is 0 Å². The van der Waals surface area contributed by atoms with Crippen molar-refractivity contribution in [2.75, 3.05) is 26.2 Å². The first kappa shape index (κ1) is 16.0. The molecule has 1 aliphatic rings. The Morgan fingerprint density at radius 2 is 1.81 bits per heavy atom. The predicted molar refractivity (Wildman–Crippen MR) is 86.0 cm³/mol. The Bertz CT molecular complexity index is 441. The molecule has 1 amide bonds. The Labute approximate surface area is 127 Å².